The van der Waals surface area contributed by atoms with E-state index in [2.05, 4.69) is 11.9 Å². The lowest BCUT2D eigenvalue weighted by Crippen LogP contribution is -2.29. The molecule has 2 nitrogen and oxygen atoms in total. The molecule has 0 rings (SSSR count). The van der Waals surface area contributed by atoms with Crippen molar-refractivity contribution >= 4 is 5.91 Å². The van der Waals surface area contributed by atoms with Crippen molar-refractivity contribution in [1.29, 1.82) is 0 Å². The molecule has 62 valence electrons. The van der Waals surface area contributed by atoms with Gasteiger partial charge in [-0.2, -0.15) is 0 Å². The molecule has 0 saturated heterocycles. The van der Waals surface area contributed by atoms with Crippen molar-refractivity contribution in [1.82, 2.24) is 5.32 Å². The van der Waals surface area contributed by atoms with Gasteiger partial charge in [-0.25, -0.2) is 0 Å². The number of nitrogens with one attached hydrogen (secondary N) is 1. The van der Waals surface area contributed by atoms with E-state index in [1.165, 1.54) is 0 Å². The number of hydrogen-bond acceptors (Lipinski definition) is 1. The maximum Gasteiger partial charge on any atom is 0.244 e. The number of carbonyl (C=O) groups excluding carboxylic acids is 1. The minimum absolute atomic E-state index is 0.0399. The first-order chi connectivity index (χ1) is 5.06. The Hall–Kier alpha value is -1.05. The summed E-state index contributed by atoms with van der Waals surface area (Å²) < 4.78 is 0. The second-order valence-corrected chi connectivity index (χ2v) is 2.75. The summed E-state index contributed by atoms with van der Waals surface area (Å²) in [5, 5.41) is 2.73. The van der Waals surface area contributed by atoms with Crippen molar-refractivity contribution in [2.75, 3.05) is 0 Å². The van der Waals surface area contributed by atoms with Crippen LogP contribution < -0.4 is 5.32 Å². The molecule has 0 radical (unpaired) electrons. The van der Waals surface area contributed by atoms with Gasteiger partial charge in [0.1, 0.15) is 0 Å². The fourth-order valence-corrected chi connectivity index (χ4v) is 0.587. The van der Waals surface area contributed by atoms with Crippen LogP contribution in [0, 0.1) is 0 Å². The highest BCUT2D eigenvalue weighted by Gasteiger charge is 1.98. The van der Waals surface area contributed by atoms with Crippen molar-refractivity contribution in [3.63, 3.8) is 0 Å². The van der Waals surface area contributed by atoms with Gasteiger partial charge < -0.3 is 5.32 Å². The van der Waals surface area contributed by atoms with Gasteiger partial charge in [-0.05, 0) is 20.8 Å². The molecule has 0 aliphatic heterocycles. The number of rotatable bonds is 3. The number of allylic oxidation sites excluding steroid dienone is 1. The number of hydrogen-bond donors (Lipinski definition) is 1. The van der Waals surface area contributed by atoms with Gasteiger partial charge in [0.2, 0.25) is 5.91 Å². The third-order valence-corrected chi connectivity index (χ3v) is 1.14. The Balaban J connectivity index is 3.88. The van der Waals surface area contributed by atoms with E-state index < -0.39 is 0 Å². The molecular formula is C9H15NO. The van der Waals surface area contributed by atoms with Crippen molar-refractivity contribution in [3.05, 3.63) is 24.3 Å². The predicted octanol–water partition coefficient (Wildman–Crippen LogP) is 1.64. The monoisotopic (exact) mass is 153 g/mol. The molecule has 1 N–H and O–H groups in total. The maximum absolute atomic E-state index is 11.0. The molecule has 0 aromatic carbocycles. The molecule has 1 atom stereocenters. The Morgan fingerprint density at radius 1 is 1.55 bits per heavy atom. The third-order valence-electron chi connectivity index (χ3n) is 1.14. The van der Waals surface area contributed by atoms with Gasteiger partial charge >= 0.3 is 0 Å². The largest absolute Gasteiger partial charge is 0.347 e. The zero-order valence-corrected chi connectivity index (χ0v) is 7.35. The Morgan fingerprint density at radius 3 is 2.45 bits per heavy atom. The lowest BCUT2D eigenvalue weighted by atomic mass is 10.3. The molecule has 0 spiro atoms. The van der Waals surface area contributed by atoms with E-state index in [-0.39, 0.29) is 11.9 Å². The number of amides is 1. The van der Waals surface area contributed by atoms with Crippen LogP contribution in [0.5, 0.6) is 0 Å². The van der Waals surface area contributed by atoms with E-state index in [4.69, 9.17) is 0 Å². The van der Waals surface area contributed by atoms with Crippen LogP contribution in [0.25, 0.3) is 0 Å². The van der Waals surface area contributed by atoms with E-state index in [1.54, 1.807) is 12.2 Å². The first kappa shape index (κ1) is 9.95. The fourth-order valence-electron chi connectivity index (χ4n) is 0.587. The first-order valence-electron chi connectivity index (χ1n) is 3.64. The minimum Gasteiger partial charge on any atom is -0.347 e. The van der Waals surface area contributed by atoms with E-state index in [0.717, 1.165) is 5.57 Å². The normalized spacial score (nSPS) is 11.5. The Kier molecular flexibility index (Phi) is 4.27. The molecule has 0 fully saturated rings. The van der Waals surface area contributed by atoms with Gasteiger partial charge in [-0.15, -0.1) is 6.58 Å². The third kappa shape index (κ3) is 5.40. The van der Waals surface area contributed by atoms with Crippen LogP contribution in [-0.2, 0) is 4.79 Å². The SMILES string of the molecule is C=CC(C)NC(=O)C=C(C)C. The average Bonchev–Trinajstić information content (AvgIpc) is 1.85. The summed E-state index contributed by atoms with van der Waals surface area (Å²) in [5.41, 5.74) is 0.999. The van der Waals surface area contributed by atoms with Gasteiger partial charge in [-0.3, -0.25) is 4.79 Å². The minimum atomic E-state index is -0.0580. The topological polar surface area (TPSA) is 29.1 Å². The van der Waals surface area contributed by atoms with Gasteiger partial charge in [0, 0.05) is 12.1 Å². The van der Waals surface area contributed by atoms with E-state index in [9.17, 15) is 4.79 Å². The Bertz CT molecular complexity index is 178. The quantitative estimate of drug-likeness (QED) is 0.484. The van der Waals surface area contributed by atoms with E-state index in [0.29, 0.717) is 0 Å². The van der Waals surface area contributed by atoms with E-state index >= 15 is 0 Å². The van der Waals surface area contributed by atoms with E-state index in [1.807, 2.05) is 20.8 Å². The first-order valence-corrected chi connectivity index (χ1v) is 3.64. The Morgan fingerprint density at radius 2 is 2.09 bits per heavy atom. The van der Waals surface area contributed by atoms with Crippen LogP contribution >= 0.6 is 0 Å². The molecule has 2 heteroatoms. The van der Waals surface area contributed by atoms with Crippen LogP contribution in [0.15, 0.2) is 24.3 Å². The molecule has 1 unspecified atom stereocenters. The highest BCUT2D eigenvalue weighted by molar-refractivity contribution is 5.88. The summed E-state index contributed by atoms with van der Waals surface area (Å²) in [5.74, 6) is -0.0580. The Labute approximate surface area is 68.0 Å². The summed E-state index contributed by atoms with van der Waals surface area (Å²) in [4.78, 5) is 11.0. The van der Waals surface area contributed by atoms with Crippen molar-refractivity contribution in [2.45, 2.75) is 26.8 Å². The molecule has 1 amide bonds. The highest BCUT2D eigenvalue weighted by atomic mass is 16.1. The van der Waals surface area contributed by atoms with Crippen molar-refractivity contribution in [2.24, 2.45) is 0 Å². The molecule has 0 aliphatic carbocycles. The molecule has 0 saturated carbocycles. The molecule has 0 bridgehead atoms. The molecule has 0 aliphatic rings. The highest BCUT2D eigenvalue weighted by Crippen LogP contribution is 1.89. The van der Waals surface area contributed by atoms with Crippen molar-refractivity contribution in [3.8, 4) is 0 Å². The van der Waals surface area contributed by atoms with Crippen LogP contribution in [0.3, 0.4) is 0 Å². The second-order valence-electron chi connectivity index (χ2n) is 2.75. The predicted molar refractivity (Wildman–Crippen MR) is 47.2 cm³/mol. The van der Waals surface area contributed by atoms with Gasteiger partial charge in [0.25, 0.3) is 0 Å². The molecule has 0 aromatic rings. The molecular weight excluding hydrogens is 138 g/mol. The molecule has 0 heterocycles. The zero-order chi connectivity index (χ0) is 8.85. The van der Waals surface area contributed by atoms with Gasteiger partial charge in [-0.1, -0.05) is 11.6 Å². The van der Waals surface area contributed by atoms with Crippen LogP contribution in [0.4, 0.5) is 0 Å². The summed E-state index contributed by atoms with van der Waals surface area (Å²) in [6.45, 7) is 9.21. The lowest BCUT2D eigenvalue weighted by Gasteiger charge is -2.05. The smallest absolute Gasteiger partial charge is 0.244 e. The average molecular weight is 153 g/mol. The summed E-state index contributed by atoms with van der Waals surface area (Å²) in [6, 6.07) is 0.0399. The van der Waals surface area contributed by atoms with Crippen molar-refractivity contribution < 1.29 is 4.79 Å². The van der Waals surface area contributed by atoms with Crippen LogP contribution in [0.2, 0.25) is 0 Å². The number of carbonyl (C=O) groups is 1. The summed E-state index contributed by atoms with van der Waals surface area (Å²) in [6.07, 6.45) is 3.26. The zero-order valence-electron chi connectivity index (χ0n) is 7.35. The molecule has 0 aromatic heterocycles. The van der Waals surface area contributed by atoms with Gasteiger partial charge in [0.05, 0.1) is 0 Å². The summed E-state index contributed by atoms with van der Waals surface area (Å²) in [7, 11) is 0. The van der Waals surface area contributed by atoms with Crippen LogP contribution in [0.1, 0.15) is 20.8 Å². The second kappa shape index (κ2) is 4.72. The van der Waals surface area contributed by atoms with Crippen LogP contribution in [-0.4, -0.2) is 11.9 Å². The molecule has 11 heavy (non-hydrogen) atoms. The van der Waals surface area contributed by atoms with Gasteiger partial charge in [0.15, 0.2) is 0 Å². The standard InChI is InChI=1S/C9H15NO/c1-5-8(4)10-9(11)6-7(2)3/h5-6,8H,1H2,2-4H3,(H,10,11). The lowest BCUT2D eigenvalue weighted by molar-refractivity contribution is -0.116. The fraction of sp³-hybridized carbons (Fsp3) is 0.444. The summed E-state index contributed by atoms with van der Waals surface area (Å²) >= 11 is 0. The maximum atomic E-state index is 11.0.